The zero-order valence-electron chi connectivity index (χ0n) is 10.9. The second-order valence-corrected chi connectivity index (χ2v) is 4.70. The fraction of sp³-hybridized carbons (Fsp3) is 0.308. The number of benzene rings is 1. The standard InChI is InChI=1S/C13H14N4O3/c1-8(18)14-6-11-7-17(13(19)20-11)10-2-3-12-9(4-10)5-15-16-12/h2-5,11H,6-7H2,1H3,(H,14,18)(H,15,16)/t11-/m0/s1. The first kappa shape index (κ1) is 12.5. The second-order valence-electron chi connectivity index (χ2n) is 4.70. The van der Waals surface area contributed by atoms with E-state index < -0.39 is 6.09 Å². The largest absolute Gasteiger partial charge is 0.442 e. The first-order valence-electron chi connectivity index (χ1n) is 6.29. The van der Waals surface area contributed by atoms with Crippen molar-refractivity contribution in [2.24, 2.45) is 0 Å². The van der Waals surface area contributed by atoms with E-state index in [0.29, 0.717) is 13.1 Å². The summed E-state index contributed by atoms with van der Waals surface area (Å²) in [6.45, 7) is 2.18. The third kappa shape index (κ3) is 2.29. The van der Waals surface area contributed by atoms with Gasteiger partial charge in [0.15, 0.2) is 0 Å². The zero-order valence-corrected chi connectivity index (χ0v) is 10.9. The second kappa shape index (κ2) is 4.84. The molecular formula is C13H14N4O3. The van der Waals surface area contributed by atoms with Crippen molar-refractivity contribution in [2.45, 2.75) is 13.0 Å². The SMILES string of the molecule is CC(=O)NC[C@H]1CN(c2ccc3[nH]ncc3c2)C(=O)O1. The molecule has 1 saturated heterocycles. The smallest absolute Gasteiger partial charge is 0.414 e. The first-order chi connectivity index (χ1) is 9.63. The Bertz CT molecular complexity index is 666. The topological polar surface area (TPSA) is 87.3 Å². The van der Waals surface area contributed by atoms with Gasteiger partial charge in [-0.05, 0) is 18.2 Å². The van der Waals surface area contributed by atoms with Crippen LogP contribution in [-0.4, -0.2) is 41.4 Å². The van der Waals surface area contributed by atoms with Gasteiger partial charge in [0.25, 0.3) is 0 Å². The molecule has 1 aromatic carbocycles. The number of ether oxygens (including phenoxy) is 1. The minimum atomic E-state index is -0.400. The van der Waals surface area contributed by atoms with Gasteiger partial charge in [-0.25, -0.2) is 4.79 Å². The number of anilines is 1. The van der Waals surface area contributed by atoms with Gasteiger partial charge in [-0.15, -0.1) is 0 Å². The molecule has 1 aromatic heterocycles. The number of aromatic nitrogens is 2. The number of cyclic esters (lactones) is 1. The maximum Gasteiger partial charge on any atom is 0.414 e. The number of nitrogens with zero attached hydrogens (tertiary/aromatic N) is 2. The Morgan fingerprint density at radius 1 is 1.60 bits per heavy atom. The van der Waals surface area contributed by atoms with Crippen molar-refractivity contribution in [1.82, 2.24) is 15.5 Å². The molecule has 1 fully saturated rings. The highest BCUT2D eigenvalue weighted by Gasteiger charge is 2.32. The molecule has 1 atom stereocenters. The number of amides is 2. The van der Waals surface area contributed by atoms with E-state index in [4.69, 9.17) is 4.74 Å². The Balaban J connectivity index is 1.76. The average molecular weight is 274 g/mol. The van der Waals surface area contributed by atoms with E-state index in [1.165, 1.54) is 6.92 Å². The number of fused-ring (bicyclic) bond motifs is 1. The Hall–Kier alpha value is -2.57. The molecule has 20 heavy (non-hydrogen) atoms. The maximum atomic E-state index is 11.9. The van der Waals surface area contributed by atoms with Crippen LogP contribution >= 0.6 is 0 Å². The van der Waals surface area contributed by atoms with Gasteiger partial charge in [0.2, 0.25) is 5.91 Å². The summed E-state index contributed by atoms with van der Waals surface area (Å²) in [6, 6.07) is 5.58. The number of hydrogen-bond donors (Lipinski definition) is 2. The van der Waals surface area contributed by atoms with Gasteiger partial charge in [-0.3, -0.25) is 14.8 Å². The lowest BCUT2D eigenvalue weighted by Crippen LogP contribution is -2.33. The number of aromatic amines is 1. The number of rotatable bonds is 3. The summed E-state index contributed by atoms with van der Waals surface area (Å²) in [7, 11) is 0. The van der Waals surface area contributed by atoms with Crippen LogP contribution in [0.2, 0.25) is 0 Å². The van der Waals surface area contributed by atoms with Crippen LogP contribution < -0.4 is 10.2 Å². The molecule has 3 rings (SSSR count). The van der Waals surface area contributed by atoms with Crippen LogP contribution in [-0.2, 0) is 9.53 Å². The number of H-pyrrole nitrogens is 1. The van der Waals surface area contributed by atoms with Crippen LogP contribution in [0.15, 0.2) is 24.4 Å². The Kier molecular flexibility index (Phi) is 3.02. The van der Waals surface area contributed by atoms with Crippen molar-refractivity contribution in [3.8, 4) is 0 Å². The van der Waals surface area contributed by atoms with Gasteiger partial charge in [-0.2, -0.15) is 5.10 Å². The van der Waals surface area contributed by atoms with Crippen molar-refractivity contribution in [3.05, 3.63) is 24.4 Å². The van der Waals surface area contributed by atoms with Crippen molar-refractivity contribution in [2.75, 3.05) is 18.0 Å². The molecular weight excluding hydrogens is 260 g/mol. The molecule has 2 heterocycles. The van der Waals surface area contributed by atoms with Gasteiger partial charge in [-0.1, -0.05) is 0 Å². The zero-order chi connectivity index (χ0) is 14.1. The van der Waals surface area contributed by atoms with E-state index in [1.807, 2.05) is 18.2 Å². The Morgan fingerprint density at radius 3 is 3.25 bits per heavy atom. The molecule has 2 amide bonds. The van der Waals surface area contributed by atoms with Crippen molar-refractivity contribution >= 4 is 28.6 Å². The molecule has 7 nitrogen and oxygen atoms in total. The molecule has 1 aliphatic rings. The predicted octanol–water partition coefficient (Wildman–Crippen LogP) is 1.02. The van der Waals surface area contributed by atoms with E-state index in [-0.39, 0.29) is 12.0 Å². The number of carbonyl (C=O) groups excluding carboxylic acids is 2. The minimum Gasteiger partial charge on any atom is -0.442 e. The first-order valence-corrected chi connectivity index (χ1v) is 6.29. The summed E-state index contributed by atoms with van der Waals surface area (Å²) in [5.41, 5.74) is 1.67. The number of carbonyl (C=O) groups is 2. The molecule has 0 radical (unpaired) electrons. The molecule has 0 unspecified atom stereocenters. The summed E-state index contributed by atoms with van der Waals surface area (Å²) < 4.78 is 5.22. The van der Waals surface area contributed by atoms with Gasteiger partial charge in [0, 0.05) is 18.0 Å². The fourth-order valence-electron chi connectivity index (χ4n) is 2.19. The Morgan fingerprint density at radius 2 is 2.45 bits per heavy atom. The van der Waals surface area contributed by atoms with Gasteiger partial charge in [0.1, 0.15) is 6.10 Å². The summed E-state index contributed by atoms with van der Waals surface area (Å²) in [6.07, 6.45) is 0.976. The van der Waals surface area contributed by atoms with E-state index in [1.54, 1.807) is 11.1 Å². The molecule has 1 aliphatic heterocycles. The number of nitrogens with one attached hydrogen (secondary N) is 2. The lowest BCUT2D eigenvalue weighted by molar-refractivity contribution is -0.119. The third-order valence-electron chi connectivity index (χ3n) is 3.19. The lowest BCUT2D eigenvalue weighted by atomic mass is 10.2. The monoisotopic (exact) mass is 274 g/mol. The van der Waals surface area contributed by atoms with E-state index in [2.05, 4.69) is 15.5 Å². The van der Waals surface area contributed by atoms with Gasteiger partial charge < -0.3 is 10.1 Å². The van der Waals surface area contributed by atoms with Crippen molar-refractivity contribution in [3.63, 3.8) is 0 Å². The lowest BCUT2D eigenvalue weighted by Gasteiger charge is -2.13. The molecule has 2 N–H and O–H groups in total. The fourth-order valence-corrected chi connectivity index (χ4v) is 2.19. The van der Waals surface area contributed by atoms with E-state index in [0.717, 1.165) is 16.6 Å². The number of hydrogen-bond acceptors (Lipinski definition) is 4. The van der Waals surface area contributed by atoms with Gasteiger partial charge in [0.05, 0.1) is 24.8 Å². The average Bonchev–Trinajstić information content (AvgIpc) is 3.01. The highest BCUT2D eigenvalue weighted by atomic mass is 16.6. The van der Waals surface area contributed by atoms with E-state index in [9.17, 15) is 9.59 Å². The molecule has 0 saturated carbocycles. The molecule has 2 aromatic rings. The molecule has 0 bridgehead atoms. The van der Waals surface area contributed by atoms with Crippen LogP contribution in [0.25, 0.3) is 10.9 Å². The van der Waals surface area contributed by atoms with E-state index >= 15 is 0 Å². The van der Waals surface area contributed by atoms with Crippen molar-refractivity contribution in [1.29, 1.82) is 0 Å². The summed E-state index contributed by atoms with van der Waals surface area (Å²) in [4.78, 5) is 24.3. The predicted molar refractivity (Wildman–Crippen MR) is 72.4 cm³/mol. The maximum absolute atomic E-state index is 11.9. The van der Waals surface area contributed by atoms with Crippen LogP contribution in [0.3, 0.4) is 0 Å². The van der Waals surface area contributed by atoms with Crippen LogP contribution in [0.1, 0.15) is 6.92 Å². The summed E-state index contributed by atoms with van der Waals surface area (Å²) >= 11 is 0. The Labute approximate surface area is 114 Å². The minimum absolute atomic E-state index is 0.140. The summed E-state index contributed by atoms with van der Waals surface area (Å²) in [5.74, 6) is -0.140. The highest BCUT2D eigenvalue weighted by Crippen LogP contribution is 2.24. The normalized spacial score (nSPS) is 18.4. The molecule has 0 aliphatic carbocycles. The third-order valence-corrected chi connectivity index (χ3v) is 3.19. The highest BCUT2D eigenvalue weighted by molar-refractivity contribution is 5.93. The quantitative estimate of drug-likeness (QED) is 0.875. The van der Waals surface area contributed by atoms with Crippen LogP contribution in [0, 0.1) is 0 Å². The summed E-state index contributed by atoms with van der Waals surface area (Å²) in [5, 5.41) is 10.4. The molecule has 0 spiro atoms. The molecule has 104 valence electrons. The van der Waals surface area contributed by atoms with Crippen molar-refractivity contribution < 1.29 is 14.3 Å². The van der Waals surface area contributed by atoms with Crippen LogP contribution in [0.5, 0.6) is 0 Å². The van der Waals surface area contributed by atoms with Gasteiger partial charge >= 0.3 is 6.09 Å². The molecule has 7 heteroatoms. The van der Waals surface area contributed by atoms with Crippen LogP contribution in [0.4, 0.5) is 10.5 Å².